The third kappa shape index (κ3) is 3.91. The summed E-state index contributed by atoms with van der Waals surface area (Å²) in [5, 5.41) is 28.0. The van der Waals surface area contributed by atoms with E-state index in [0.29, 0.717) is 17.8 Å². The topological polar surface area (TPSA) is 136 Å². The van der Waals surface area contributed by atoms with Crippen molar-refractivity contribution < 1.29 is 19.8 Å². The molecule has 4 rings (SSSR count). The fourth-order valence-corrected chi connectivity index (χ4v) is 3.23. The minimum atomic E-state index is -1.18. The SMILES string of the molecule is O=C1NCc2cc(Nc3ncc(C(=O)O)c(N[C@H](CO)c4ccccc4)n3)ccc21. The normalized spacial score (nSPS) is 13.3. The van der Waals surface area contributed by atoms with E-state index in [1.807, 2.05) is 36.4 Å². The van der Waals surface area contributed by atoms with Gasteiger partial charge in [-0.3, -0.25) is 4.79 Å². The lowest BCUT2D eigenvalue weighted by molar-refractivity contribution is 0.0696. The van der Waals surface area contributed by atoms with Gasteiger partial charge in [0.05, 0.1) is 12.6 Å². The lowest BCUT2D eigenvalue weighted by Crippen LogP contribution is -2.18. The molecular formula is C21H19N5O4. The largest absolute Gasteiger partial charge is 0.477 e. The van der Waals surface area contributed by atoms with Crippen molar-refractivity contribution in [3.8, 4) is 0 Å². The Morgan fingerprint density at radius 1 is 1.20 bits per heavy atom. The molecule has 0 aliphatic carbocycles. The van der Waals surface area contributed by atoms with Gasteiger partial charge in [-0.05, 0) is 29.3 Å². The van der Waals surface area contributed by atoms with Crippen LogP contribution in [0.15, 0.2) is 54.7 Å². The highest BCUT2D eigenvalue weighted by atomic mass is 16.4. The third-order valence-corrected chi connectivity index (χ3v) is 4.76. The number of rotatable bonds is 7. The third-order valence-electron chi connectivity index (χ3n) is 4.76. The van der Waals surface area contributed by atoms with E-state index < -0.39 is 12.0 Å². The molecule has 1 aromatic heterocycles. The van der Waals surface area contributed by atoms with Crippen molar-refractivity contribution in [2.45, 2.75) is 12.6 Å². The first-order valence-electron chi connectivity index (χ1n) is 9.26. The average molecular weight is 405 g/mol. The summed E-state index contributed by atoms with van der Waals surface area (Å²) in [6.07, 6.45) is 1.21. The van der Waals surface area contributed by atoms with Crippen LogP contribution in [0.4, 0.5) is 17.5 Å². The number of aromatic nitrogens is 2. The van der Waals surface area contributed by atoms with E-state index in [0.717, 1.165) is 11.1 Å². The molecule has 0 spiro atoms. The van der Waals surface area contributed by atoms with Gasteiger partial charge >= 0.3 is 5.97 Å². The van der Waals surface area contributed by atoms with Crippen molar-refractivity contribution >= 4 is 29.3 Å². The first kappa shape index (κ1) is 19.3. The molecule has 9 heteroatoms. The van der Waals surface area contributed by atoms with Gasteiger partial charge in [-0.25, -0.2) is 9.78 Å². The molecule has 0 radical (unpaired) electrons. The maximum Gasteiger partial charge on any atom is 0.341 e. The van der Waals surface area contributed by atoms with E-state index >= 15 is 0 Å². The van der Waals surface area contributed by atoms with Crippen LogP contribution in [0.5, 0.6) is 0 Å². The minimum absolute atomic E-state index is 0.0842. The number of amides is 1. The van der Waals surface area contributed by atoms with Gasteiger partial charge in [-0.15, -0.1) is 0 Å². The van der Waals surface area contributed by atoms with Gasteiger partial charge in [0.25, 0.3) is 5.91 Å². The fraction of sp³-hybridized carbons (Fsp3) is 0.143. The second-order valence-electron chi connectivity index (χ2n) is 6.73. The Morgan fingerprint density at radius 3 is 2.73 bits per heavy atom. The molecule has 1 atom stereocenters. The number of carbonyl (C=O) groups excluding carboxylic acids is 1. The summed E-state index contributed by atoms with van der Waals surface area (Å²) in [5.74, 6) is -1.03. The zero-order valence-corrected chi connectivity index (χ0v) is 15.8. The Labute approximate surface area is 171 Å². The number of nitrogens with one attached hydrogen (secondary N) is 3. The molecule has 5 N–H and O–H groups in total. The molecule has 1 aliphatic rings. The number of fused-ring (bicyclic) bond motifs is 1. The number of carboxylic acids is 1. The number of aromatic carboxylic acids is 1. The van der Waals surface area contributed by atoms with E-state index in [1.165, 1.54) is 6.20 Å². The van der Waals surface area contributed by atoms with Crippen LogP contribution in [0.1, 0.15) is 37.9 Å². The quantitative estimate of drug-likeness (QED) is 0.404. The smallest absolute Gasteiger partial charge is 0.341 e. The molecule has 30 heavy (non-hydrogen) atoms. The molecule has 3 aromatic rings. The summed E-state index contributed by atoms with van der Waals surface area (Å²) in [5.41, 5.74) is 2.83. The first-order chi connectivity index (χ1) is 14.5. The summed E-state index contributed by atoms with van der Waals surface area (Å²) in [6.45, 7) is 0.201. The first-order valence-corrected chi connectivity index (χ1v) is 9.26. The number of carboxylic acid groups (broad SMARTS) is 1. The molecule has 1 aliphatic heterocycles. The van der Waals surface area contributed by atoms with Gasteiger partial charge in [0, 0.05) is 24.0 Å². The van der Waals surface area contributed by atoms with Crippen LogP contribution in [0, 0.1) is 0 Å². The fourth-order valence-electron chi connectivity index (χ4n) is 3.23. The molecule has 0 saturated carbocycles. The molecule has 0 unspecified atom stereocenters. The molecule has 0 bridgehead atoms. The van der Waals surface area contributed by atoms with E-state index in [-0.39, 0.29) is 29.8 Å². The number of nitrogens with zero attached hydrogens (tertiary/aromatic N) is 2. The van der Waals surface area contributed by atoms with Crippen LogP contribution in [0.3, 0.4) is 0 Å². The van der Waals surface area contributed by atoms with E-state index in [9.17, 15) is 19.8 Å². The van der Waals surface area contributed by atoms with Gasteiger partial charge in [0.1, 0.15) is 11.4 Å². The number of hydrogen-bond donors (Lipinski definition) is 5. The molecule has 2 heterocycles. The van der Waals surface area contributed by atoms with Gasteiger partial charge in [0.15, 0.2) is 0 Å². The molecule has 2 aromatic carbocycles. The predicted octanol–water partition coefficient (Wildman–Crippen LogP) is 2.31. The zero-order chi connectivity index (χ0) is 21.1. The monoisotopic (exact) mass is 405 g/mol. The van der Waals surface area contributed by atoms with E-state index in [1.54, 1.807) is 12.1 Å². The lowest BCUT2D eigenvalue weighted by atomic mass is 10.1. The molecular weight excluding hydrogens is 386 g/mol. The number of aliphatic hydroxyl groups is 1. The van der Waals surface area contributed by atoms with Crippen LogP contribution < -0.4 is 16.0 Å². The molecule has 0 saturated heterocycles. The molecule has 9 nitrogen and oxygen atoms in total. The van der Waals surface area contributed by atoms with Crippen molar-refractivity contribution in [3.63, 3.8) is 0 Å². The minimum Gasteiger partial charge on any atom is -0.477 e. The Kier molecular flexibility index (Phi) is 5.27. The van der Waals surface area contributed by atoms with Crippen molar-refractivity contribution in [3.05, 3.63) is 77.0 Å². The summed E-state index contributed by atoms with van der Waals surface area (Å²) in [6, 6.07) is 13.9. The van der Waals surface area contributed by atoms with E-state index in [2.05, 4.69) is 25.9 Å². The predicted molar refractivity (Wildman–Crippen MR) is 110 cm³/mol. The van der Waals surface area contributed by atoms with E-state index in [4.69, 9.17) is 0 Å². The molecule has 0 fully saturated rings. The highest BCUT2D eigenvalue weighted by molar-refractivity contribution is 5.98. The highest BCUT2D eigenvalue weighted by Crippen LogP contribution is 2.25. The number of hydrogen-bond acceptors (Lipinski definition) is 7. The average Bonchev–Trinajstić information content (AvgIpc) is 3.12. The van der Waals surface area contributed by atoms with Crippen molar-refractivity contribution in [1.29, 1.82) is 0 Å². The van der Waals surface area contributed by atoms with Gasteiger partial charge < -0.3 is 26.2 Å². The molecule has 1 amide bonds. The number of carbonyl (C=O) groups is 2. The number of aliphatic hydroxyl groups excluding tert-OH is 1. The van der Waals surface area contributed by atoms with Crippen molar-refractivity contribution in [1.82, 2.24) is 15.3 Å². The van der Waals surface area contributed by atoms with Crippen LogP contribution in [-0.2, 0) is 6.54 Å². The van der Waals surface area contributed by atoms with Crippen LogP contribution >= 0.6 is 0 Å². The van der Waals surface area contributed by atoms with Gasteiger partial charge in [-0.1, -0.05) is 30.3 Å². The summed E-state index contributed by atoms with van der Waals surface area (Å²) in [7, 11) is 0. The highest BCUT2D eigenvalue weighted by Gasteiger charge is 2.20. The number of benzene rings is 2. The van der Waals surface area contributed by atoms with Crippen LogP contribution in [0.2, 0.25) is 0 Å². The molecule has 152 valence electrons. The Bertz CT molecular complexity index is 1100. The lowest BCUT2D eigenvalue weighted by Gasteiger charge is -2.19. The Balaban J connectivity index is 1.61. The standard InChI is InChI=1S/C21H19N5O4/c27-11-17(12-4-2-1-3-5-12)25-18-16(20(29)30)10-23-21(26-18)24-14-6-7-15-13(8-14)9-22-19(15)28/h1-8,10,17,27H,9,11H2,(H,22,28)(H,29,30)(H2,23,24,25,26)/t17-/m1/s1. The Morgan fingerprint density at radius 2 is 2.00 bits per heavy atom. The van der Waals surface area contributed by atoms with Gasteiger partial charge in [-0.2, -0.15) is 4.98 Å². The zero-order valence-electron chi connectivity index (χ0n) is 15.8. The van der Waals surface area contributed by atoms with Crippen LogP contribution in [-0.4, -0.2) is 38.7 Å². The maximum atomic E-state index is 11.7. The number of anilines is 3. The van der Waals surface area contributed by atoms with Crippen molar-refractivity contribution in [2.24, 2.45) is 0 Å². The summed E-state index contributed by atoms with van der Waals surface area (Å²) in [4.78, 5) is 31.7. The van der Waals surface area contributed by atoms with Gasteiger partial charge in [0.2, 0.25) is 5.95 Å². The van der Waals surface area contributed by atoms with Crippen molar-refractivity contribution in [2.75, 3.05) is 17.2 Å². The maximum absolute atomic E-state index is 11.7. The van der Waals surface area contributed by atoms with Crippen LogP contribution in [0.25, 0.3) is 0 Å². The second kappa shape index (κ2) is 8.18. The second-order valence-corrected chi connectivity index (χ2v) is 6.73. The Hall–Kier alpha value is -3.98. The summed E-state index contributed by atoms with van der Waals surface area (Å²) >= 11 is 0. The summed E-state index contributed by atoms with van der Waals surface area (Å²) < 4.78 is 0.